The molecule has 0 aromatic rings. The van der Waals surface area contributed by atoms with E-state index in [1.807, 2.05) is 0 Å². The van der Waals surface area contributed by atoms with E-state index in [1.165, 1.54) is 32.1 Å². The number of carbonyl (C=O) groups is 1. The molecule has 2 rings (SSSR count). The van der Waals surface area contributed by atoms with Crippen molar-refractivity contribution >= 4 is 5.91 Å². The number of rotatable bonds is 5. The van der Waals surface area contributed by atoms with E-state index in [2.05, 4.69) is 18.7 Å². The van der Waals surface area contributed by atoms with Gasteiger partial charge in [-0.2, -0.15) is 0 Å². The van der Waals surface area contributed by atoms with Crippen LogP contribution in [0.2, 0.25) is 0 Å². The van der Waals surface area contributed by atoms with Crippen molar-refractivity contribution in [1.29, 1.82) is 0 Å². The smallest absolute Gasteiger partial charge is 0.225 e. The molecule has 2 N–H and O–H groups in total. The van der Waals surface area contributed by atoms with Gasteiger partial charge in [-0.05, 0) is 44.4 Å². The first-order chi connectivity index (χ1) is 10.1. The van der Waals surface area contributed by atoms with E-state index in [0.29, 0.717) is 11.8 Å². The molecule has 2 unspecified atom stereocenters. The highest BCUT2D eigenvalue weighted by Gasteiger charge is 2.30. The third kappa shape index (κ3) is 4.70. The third-order valence-electron chi connectivity index (χ3n) is 5.78. The van der Waals surface area contributed by atoms with Gasteiger partial charge in [0.1, 0.15) is 0 Å². The Balaban J connectivity index is 1.82. The van der Waals surface area contributed by atoms with Crippen molar-refractivity contribution in [2.45, 2.75) is 77.7 Å². The molecule has 0 spiro atoms. The summed E-state index contributed by atoms with van der Waals surface area (Å²) < 4.78 is 0. The van der Waals surface area contributed by atoms with Crippen LogP contribution in [0.15, 0.2) is 0 Å². The fraction of sp³-hybridized carbons (Fsp3) is 0.944. The topological polar surface area (TPSA) is 46.3 Å². The molecule has 3 heteroatoms. The van der Waals surface area contributed by atoms with Crippen LogP contribution in [-0.2, 0) is 4.79 Å². The van der Waals surface area contributed by atoms with Crippen LogP contribution in [0.4, 0.5) is 0 Å². The summed E-state index contributed by atoms with van der Waals surface area (Å²) in [6, 6.07) is 0.270. The zero-order chi connectivity index (χ0) is 15.2. The van der Waals surface area contributed by atoms with Gasteiger partial charge in [-0.1, -0.05) is 39.0 Å². The van der Waals surface area contributed by atoms with Crippen molar-refractivity contribution in [3.05, 3.63) is 0 Å². The van der Waals surface area contributed by atoms with Crippen LogP contribution < -0.4 is 5.73 Å². The highest BCUT2D eigenvalue weighted by Crippen LogP contribution is 2.31. The van der Waals surface area contributed by atoms with Gasteiger partial charge in [0.25, 0.3) is 0 Å². The second-order valence-electron chi connectivity index (χ2n) is 7.37. The number of nitrogens with two attached hydrogens (primary N) is 1. The van der Waals surface area contributed by atoms with Crippen molar-refractivity contribution in [1.82, 2.24) is 4.90 Å². The second kappa shape index (κ2) is 8.17. The van der Waals surface area contributed by atoms with Crippen LogP contribution in [-0.4, -0.2) is 29.9 Å². The SMILES string of the molecule is CCC(CC1CCCCC1)C(=O)N1CCC(C(C)N)CC1. The van der Waals surface area contributed by atoms with E-state index in [1.54, 1.807) is 0 Å². The van der Waals surface area contributed by atoms with E-state index in [9.17, 15) is 4.79 Å². The van der Waals surface area contributed by atoms with E-state index in [0.717, 1.165) is 44.7 Å². The molecule has 1 saturated carbocycles. The predicted molar refractivity (Wildman–Crippen MR) is 87.9 cm³/mol. The van der Waals surface area contributed by atoms with E-state index in [4.69, 9.17) is 5.73 Å². The number of likely N-dealkylation sites (tertiary alicyclic amines) is 1. The molecule has 2 atom stereocenters. The fourth-order valence-corrected chi connectivity index (χ4v) is 4.17. The summed E-state index contributed by atoms with van der Waals surface area (Å²) >= 11 is 0. The van der Waals surface area contributed by atoms with Crippen molar-refractivity contribution in [3.63, 3.8) is 0 Å². The molecule has 0 aromatic carbocycles. The first-order valence-corrected chi connectivity index (χ1v) is 9.16. The molecule has 1 aliphatic heterocycles. The monoisotopic (exact) mass is 294 g/mol. The minimum Gasteiger partial charge on any atom is -0.342 e. The average molecular weight is 294 g/mol. The van der Waals surface area contributed by atoms with Crippen LogP contribution in [0.1, 0.15) is 71.6 Å². The third-order valence-corrected chi connectivity index (χ3v) is 5.78. The standard InChI is InChI=1S/C18H34N2O/c1-3-16(13-15-7-5-4-6-8-15)18(21)20-11-9-17(10-12-20)14(2)19/h14-17H,3-13,19H2,1-2H3. The molecular weight excluding hydrogens is 260 g/mol. The molecule has 1 saturated heterocycles. The van der Waals surface area contributed by atoms with Crippen molar-refractivity contribution in [3.8, 4) is 0 Å². The summed E-state index contributed by atoms with van der Waals surface area (Å²) in [6.45, 7) is 6.12. The number of carbonyl (C=O) groups excluding carboxylic acids is 1. The number of piperidine rings is 1. The Morgan fingerprint density at radius 2 is 1.76 bits per heavy atom. The number of amides is 1. The highest BCUT2D eigenvalue weighted by atomic mass is 16.2. The molecule has 0 aromatic heterocycles. The second-order valence-corrected chi connectivity index (χ2v) is 7.37. The zero-order valence-corrected chi connectivity index (χ0v) is 14.0. The van der Waals surface area contributed by atoms with Crippen LogP contribution in [0, 0.1) is 17.8 Å². The molecule has 1 aliphatic carbocycles. The van der Waals surface area contributed by atoms with Crippen LogP contribution in [0.3, 0.4) is 0 Å². The van der Waals surface area contributed by atoms with Crippen LogP contribution in [0.5, 0.6) is 0 Å². The van der Waals surface area contributed by atoms with Gasteiger partial charge >= 0.3 is 0 Å². The normalized spacial score (nSPS) is 24.8. The van der Waals surface area contributed by atoms with Gasteiger partial charge in [0.2, 0.25) is 5.91 Å². The summed E-state index contributed by atoms with van der Waals surface area (Å²) in [6.07, 6.45) is 11.1. The predicted octanol–water partition coefficient (Wildman–Crippen LogP) is 3.57. The molecule has 2 fully saturated rings. The maximum absolute atomic E-state index is 12.8. The lowest BCUT2D eigenvalue weighted by Crippen LogP contribution is -2.45. The highest BCUT2D eigenvalue weighted by molar-refractivity contribution is 5.78. The fourth-order valence-electron chi connectivity index (χ4n) is 4.17. The lowest BCUT2D eigenvalue weighted by Gasteiger charge is -2.36. The summed E-state index contributed by atoms with van der Waals surface area (Å²) in [7, 11) is 0. The summed E-state index contributed by atoms with van der Waals surface area (Å²) in [5, 5.41) is 0. The molecule has 1 amide bonds. The average Bonchev–Trinajstić information content (AvgIpc) is 2.53. The van der Waals surface area contributed by atoms with Gasteiger partial charge in [-0.25, -0.2) is 0 Å². The molecule has 1 heterocycles. The number of hydrogen-bond acceptors (Lipinski definition) is 2. The largest absolute Gasteiger partial charge is 0.342 e. The van der Waals surface area contributed by atoms with Crippen molar-refractivity contribution < 1.29 is 4.79 Å². The number of nitrogens with zero attached hydrogens (tertiary/aromatic N) is 1. The Hall–Kier alpha value is -0.570. The molecule has 0 radical (unpaired) electrons. The molecule has 21 heavy (non-hydrogen) atoms. The molecule has 2 aliphatic rings. The van der Waals surface area contributed by atoms with E-state index in [-0.39, 0.29) is 12.0 Å². The van der Waals surface area contributed by atoms with Crippen LogP contribution in [0.25, 0.3) is 0 Å². The molecule has 122 valence electrons. The van der Waals surface area contributed by atoms with Gasteiger partial charge in [-0.15, -0.1) is 0 Å². The Morgan fingerprint density at radius 1 is 1.14 bits per heavy atom. The molecular formula is C18H34N2O. The Kier molecular flexibility index (Phi) is 6.53. The summed E-state index contributed by atoms with van der Waals surface area (Å²) in [4.78, 5) is 14.9. The summed E-state index contributed by atoms with van der Waals surface area (Å²) in [5.74, 6) is 2.09. The Morgan fingerprint density at radius 3 is 2.29 bits per heavy atom. The quantitative estimate of drug-likeness (QED) is 0.842. The first kappa shape index (κ1) is 16.8. The van der Waals surface area contributed by atoms with Gasteiger partial charge in [0, 0.05) is 25.0 Å². The summed E-state index contributed by atoms with van der Waals surface area (Å²) in [5.41, 5.74) is 5.99. The Labute approximate surface area is 130 Å². The molecule has 0 bridgehead atoms. The van der Waals surface area contributed by atoms with Gasteiger partial charge in [-0.3, -0.25) is 4.79 Å². The maximum atomic E-state index is 12.8. The maximum Gasteiger partial charge on any atom is 0.225 e. The minimum absolute atomic E-state index is 0.264. The van der Waals surface area contributed by atoms with Gasteiger partial charge in [0.15, 0.2) is 0 Å². The van der Waals surface area contributed by atoms with E-state index >= 15 is 0 Å². The van der Waals surface area contributed by atoms with E-state index < -0.39 is 0 Å². The first-order valence-electron chi connectivity index (χ1n) is 9.16. The minimum atomic E-state index is 0.264. The number of hydrogen-bond donors (Lipinski definition) is 1. The van der Waals surface area contributed by atoms with Gasteiger partial charge in [0.05, 0.1) is 0 Å². The van der Waals surface area contributed by atoms with Crippen molar-refractivity contribution in [2.75, 3.05) is 13.1 Å². The molecule has 3 nitrogen and oxygen atoms in total. The van der Waals surface area contributed by atoms with Crippen molar-refractivity contribution in [2.24, 2.45) is 23.5 Å². The Bertz CT molecular complexity index is 315. The lowest BCUT2D eigenvalue weighted by atomic mass is 9.81. The zero-order valence-electron chi connectivity index (χ0n) is 14.0. The van der Waals surface area contributed by atoms with Gasteiger partial charge < -0.3 is 10.6 Å². The van der Waals surface area contributed by atoms with Crippen LogP contribution >= 0.6 is 0 Å². The lowest BCUT2D eigenvalue weighted by molar-refractivity contribution is -0.137.